The maximum Gasteiger partial charge on any atom is 0.246 e. The fraction of sp³-hybridized carbons (Fsp3) is 0.800. The molecule has 1 heterocycles. The fourth-order valence-corrected chi connectivity index (χ4v) is 0.660. The van der Waals surface area contributed by atoms with E-state index in [1.807, 2.05) is 0 Å². The van der Waals surface area contributed by atoms with Crippen LogP contribution in [0.4, 0.5) is 0 Å². The Labute approximate surface area is 47.9 Å². The summed E-state index contributed by atoms with van der Waals surface area (Å²) in [5.41, 5.74) is 0. The Morgan fingerprint density at radius 2 is 2.25 bits per heavy atom. The van der Waals surface area contributed by atoms with Crippen LogP contribution in [0.2, 0.25) is 0 Å². The molecule has 0 aromatic heterocycles. The average Bonchev–Trinajstić information content (AvgIpc) is 1.62. The van der Waals surface area contributed by atoms with E-state index >= 15 is 0 Å². The largest absolute Gasteiger partial charge is 0.371 e. The third kappa shape index (κ3) is 0.877. The number of aliphatic hydroxyl groups excluding tert-OH is 1. The molecule has 1 rings (SSSR count). The molecule has 0 aromatic rings. The number of hydrogen-bond donors (Lipinski definition) is 1. The Morgan fingerprint density at radius 1 is 1.62 bits per heavy atom. The molecule has 1 radical (unpaired) electrons. The molecule has 1 N–H and O–H groups in total. The second-order valence-corrected chi connectivity index (χ2v) is 1.88. The highest BCUT2D eigenvalue weighted by atomic mass is 16.3. The number of hydrogen-bond acceptors (Lipinski definition) is 3. The Balaban J connectivity index is 2.22. The van der Waals surface area contributed by atoms with E-state index in [1.165, 1.54) is 6.29 Å². The van der Waals surface area contributed by atoms with Gasteiger partial charge in [0, 0.05) is 13.1 Å². The zero-order valence-electron chi connectivity index (χ0n) is 4.50. The average molecular weight is 114 g/mol. The van der Waals surface area contributed by atoms with Crippen molar-refractivity contribution in [2.75, 3.05) is 13.1 Å². The Kier molecular flexibility index (Phi) is 1.60. The van der Waals surface area contributed by atoms with Gasteiger partial charge in [0.15, 0.2) is 6.23 Å². The summed E-state index contributed by atoms with van der Waals surface area (Å²) in [6.07, 6.45) is 1.61. The van der Waals surface area contributed by atoms with Crippen LogP contribution in [0.25, 0.3) is 0 Å². The second-order valence-electron chi connectivity index (χ2n) is 1.88. The van der Waals surface area contributed by atoms with Crippen LogP contribution < -0.4 is 0 Å². The summed E-state index contributed by atoms with van der Waals surface area (Å²) in [6.45, 7) is 1.66. The van der Waals surface area contributed by atoms with Gasteiger partial charge in [0.05, 0.1) is 0 Å². The van der Waals surface area contributed by atoms with E-state index < -0.39 is 6.23 Å². The Bertz CT molecular complexity index is 90.4. The summed E-state index contributed by atoms with van der Waals surface area (Å²) in [7, 11) is 0. The molecule has 1 fully saturated rings. The number of aliphatic hydroxyl groups is 1. The topological polar surface area (TPSA) is 40.5 Å². The van der Waals surface area contributed by atoms with Crippen LogP contribution in [-0.2, 0) is 4.79 Å². The van der Waals surface area contributed by atoms with Gasteiger partial charge in [-0.1, -0.05) is 0 Å². The molecule has 3 nitrogen and oxygen atoms in total. The Morgan fingerprint density at radius 3 is 2.38 bits per heavy atom. The molecule has 45 valence electrons. The van der Waals surface area contributed by atoms with Crippen molar-refractivity contribution in [3.63, 3.8) is 0 Å². The van der Waals surface area contributed by atoms with Gasteiger partial charge in [-0.2, -0.15) is 0 Å². The molecule has 0 bridgehead atoms. The maximum atomic E-state index is 9.72. The molecule has 0 saturated carbocycles. The van der Waals surface area contributed by atoms with Crippen molar-refractivity contribution >= 4 is 6.29 Å². The summed E-state index contributed by atoms with van der Waals surface area (Å²) in [6, 6.07) is 0. The third-order valence-corrected chi connectivity index (χ3v) is 1.34. The summed E-state index contributed by atoms with van der Waals surface area (Å²) >= 11 is 0. The predicted octanol–water partition coefficient (Wildman–Crippen LogP) is -0.880. The van der Waals surface area contributed by atoms with Gasteiger partial charge in [0.2, 0.25) is 6.29 Å². The molecule has 8 heavy (non-hydrogen) atoms. The summed E-state index contributed by atoms with van der Waals surface area (Å²) in [4.78, 5) is 11.4. The van der Waals surface area contributed by atoms with Crippen LogP contribution in [0, 0.1) is 0 Å². The quantitative estimate of drug-likeness (QED) is 0.507. The lowest BCUT2D eigenvalue weighted by Gasteiger charge is -2.31. The zero-order valence-corrected chi connectivity index (χ0v) is 4.50. The van der Waals surface area contributed by atoms with E-state index in [4.69, 9.17) is 5.11 Å². The van der Waals surface area contributed by atoms with Gasteiger partial charge in [-0.05, 0) is 6.42 Å². The minimum atomic E-state index is -0.969. The van der Waals surface area contributed by atoms with Crippen molar-refractivity contribution in [1.29, 1.82) is 0 Å². The molecular formula is C5H8NO2. The predicted molar refractivity (Wildman–Crippen MR) is 27.9 cm³/mol. The van der Waals surface area contributed by atoms with E-state index in [9.17, 15) is 4.79 Å². The number of rotatable bonds is 2. The van der Waals surface area contributed by atoms with Crippen LogP contribution >= 0.6 is 0 Å². The molecule has 0 spiro atoms. The molecule has 3 heteroatoms. The van der Waals surface area contributed by atoms with E-state index in [-0.39, 0.29) is 0 Å². The monoisotopic (exact) mass is 114 g/mol. The SMILES string of the molecule is O=[C]C(O)N1CCC1. The lowest BCUT2D eigenvalue weighted by Crippen LogP contribution is -2.45. The number of likely N-dealkylation sites (tertiary alicyclic amines) is 1. The smallest absolute Gasteiger partial charge is 0.246 e. The van der Waals surface area contributed by atoms with Crippen LogP contribution in [0.15, 0.2) is 0 Å². The molecule has 0 aliphatic carbocycles. The first-order valence-electron chi connectivity index (χ1n) is 2.64. The van der Waals surface area contributed by atoms with Gasteiger partial charge in [-0.15, -0.1) is 0 Å². The number of nitrogens with zero attached hydrogens (tertiary/aromatic N) is 1. The lowest BCUT2D eigenvalue weighted by molar-refractivity contribution is 0.0119. The van der Waals surface area contributed by atoms with Gasteiger partial charge in [0.25, 0.3) is 0 Å². The van der Waals surface area contributed by atoms with Gasteiger partial charge in [-0.3, -0.25) is 9.69 Å². The standard InChI is InChI=1S/C5H8NO2/c7-4-5(8)6-2-1-3-6/h5,8H,1-3H2. The highest BCUT2D eigenvalue weighted by Crippen LogP contribution is 2.06. The Hall–Kier alpha value is -0.410. The van der Waals surface area contributed by atoms with Crippen molar-refractivity contribution in [3.8, 4) is 0 Å². The normalized spacial score (nSPS) is 24.1. The molecule has 1 aliphatic heterocycles. The third-order valence-electron chi connectivity index (χ3n) is 1.34. The van der Waals surface area contributed by atoms with Crippen LogP contribution in [-0.4, -0.2) is 35.6 Å². The van der Waals surface area contributed by atoms with Crippen molar-refractivity contribution in [2.45, 2.75) is 12.6 Å². The molecular weight excluding hydrogens is 106 g/mol. The van der Waals surface area contributed by atoms with E-state index in [0.717, 1.165) is 19.5 Å². The van der Waals surface area contributed by atoms with Crippen molar-refractivity contribution in [3.05, 3.63) is 0 Å². The van der Waals surface area contributed by atoms with Gasteiger partial charge < -0.3 is 5.11 Å². The van der Waals surface area contributed by atoms with Crippen molar-refractivity contribution in [1.82, 2.24) is 4.90 Å². The molecule has 1 unspecified atom stereocenters. The van der Waals surface area contributed by atoms with Crippen LogP contribution in [0.1, 0.15) is 6.42 Å². The molecule has 1 aliphatic rings. The first kappa shape index (κ1) is 5.72. The van der Waals surface area contributed by atoms with Gasteiger partial charge >= 0.3 is 0 Å². The molecule has 1 saturated heterocycles. The lowest BCUT2D eigenvalue weighted by atomic mass is 10.2. The van der Waals surface area contributed by atoms with E-state index in [0.29, 0.717) is 0 Å². The molecule has 1 atom stereocenters. The zero-order chi connectivity index (χ0) is 5.98. The van der Waals surface area contributed by atoms with Crippen LogP contribution in [0.3, 0.4) is 0 Å². The highest BCUT2D eigenvalue weighted by molar-refractivity contribution is 5.55. The van der Waals surface area contributed by atoms with Crippen LogP contribution in [0.5, 0.6) is 0 Å². The van der Waals surface area contributed by atoms with Crippen molar-refractivity contribution < 1.29 is 9.90 Å². The summed E-state index contributed by atoms with van der Waals surface area (Å²) in [5, 5.41) is 8.68. The molecule has 0 aromatic carbocycles. The van der Waals surface area contributed by atoms with Gasteiger partial charge in [0.1, 0.15) is 0 Å². The van der Waals surface area contributed by atoms with E-state index in [2.05, 4.69) is 0 Å². The number of carbonyl (C=O) groups excluding carboxylic acids is 1. The highest BCUT2D eigenvalue weighted by Gasteiger charge is 2.20. The fourth-order valence-electron chi connectivity index (χ4n) is 0.660. The first-order chi connectivity index (χ1) is 3.84. The van der Waals surface area contributed by atoms with Crippen molar-refractivity contribution in [2.24, 2.45) is 0 Å². The summed E-state index contributed by atoms with van der Waals surface area (Å²) < 4.78 is 0. The van der Waals surface area contributed by atoms with E-state index in [1.54, 1.807) is 4.90 Å². The maximum absolute atomic E-state index is 9.72. The summed E-state index contributed by atoms with van der Waals surface area (Å²) in [5.74, 6) is 0. The second kappa shape index (κ2) is 2.24. The van der Waals surface area contributed by atoms with Gasteiger partial charge in [-0.25, -0.2) is 0 Å². The first-order valence-corrected chi connectivity index (χ1v) is 2.64. The minimum absolute atomic E-state index is 0.830. The molecule has 0 amide bonds. The minimum Gasteiger partial charge on any atom is -0.371 e.